The third-order valence-electron chi connectivity index (χ3n) is 7.00. The molecule has 40 heavy (non-hydrogen) atoms. The van der Waals surface area contributed by atoms with Crippen LogP contribution in [0, 0.1) is 6.92 Å². The Morgan fingerprint density at radius 1 is 1.12 bits per heavy atom. The van der Waals surface area contributed by atoms with Gasteiger partial charge >= 0.3 is 6.09 Å². The fourth-order valence-corrected chi connectivity index (χ4v) is 6.29. The van der Waals surface area contributed by atoms with Crippen LogP contribution in [0.25, 0.3) is 0 Å². The summed E-state index contributed by atoms with van der Waals surface area (Å²) < 4.78 is 4.76. The fraction of sp³-hybridized carbons (Fsp3) is 0.500. The Hall–Kier alpha value is -2.69. The molecular weight excluding hydrogens is 546 g/mol. The zero-order chi connectivity index (χ0) is 29.1. The Kier molecular flexibility index (Phi) is 12.2. The third kappa shape index (κ3) is 8.91. The van der Waals surface area contributed by atoms with Crippen LogP contribution in [0.2, 0.25) is 0 Å². The molecule has 3 atom stereocenters. The van der Waals surface area contributed by atoms with E-state index in [4.69, 9.17) is 4.74 Å². The summed E-state index contributed by atoms with van der Waals surface area (Å²) in [6.45, 7) is 6.42. The van der Waals surface area contributed by atoms with Gasteiger partial charge in [-0.2, -0.15) is 11.8 Å². The molecule has 10 heteroatoms. The van der Waals surface area contributed by atoms with Gasteiger partial charge in [0, 0.05) is 11.3 Å². The van der Waals surface area contributed by atoms with Crippen molar-refractivity contribution in [3.63, 3.8) is 0 Å². The number of ether oxygens (including phenoxy) is 1. The van der Waals surface area contributed by atoms with Crippen LogP contribution in [0.5, 0.6) is 0 Å². The number of thioether (sulfide) groups is 2. The number of hydrogen-bond donors (Lipinski definition) is 3. The molecule has 8 nitrogen and oxygen atoms in total. The van der Waals surface area contributed by atoms with E-state index in [9.17, 15) is 19.5 Å². The van der Waals surface area contributed by atoms with Crippen molar-refractivity contribution in [1.82, 2.24) is 15.5 Å². The molecule has 3 N–H and O–H groups in total. The lowest BCUT2D eigenvalue weighted by atomic mass is 9.97. The number of nitrogens with one attached hydrogen (secondary N) is 2. The van der Waals surface area contributed by atoms with Gasteiger partial charge in [-0.3, -0.25) is 9.59 Å². The van der Waals surface area contributed by atoms with Crippen LogP contribution in [0.15, 0.2) is 54.6 Å². The molecule has 3 amide bonds. The Labute approximate surface area is 246 Å². The van der Waals surface area contributed by atoms with E-state index in [2.05, 4.69) is 10.6 Å². The third-order valence-corrected chi connectivity index (χ3v) is 9.07. The van der Waals surface area contributed by atoms with Crippen molar-refractivity contribution >= 4 is 41.4 Å². The lowest BCUT2D eigenvalue weighted by Crippen LogP contribution is -2.58. The number of carbonyl (C=O) groups is 3. The van der Waals surface area contributed by atoms with Gasteiger partial charge in [-0.1, -0.05) is 54.6 Å². The quantitative estimate of drug-likeness (QED) is 0.303. The Balaban J connectivity index is 1.72. The number of carbonyl (C=O) groups excluding carboxylic acids is 3. The molecule has 1 saturated heterocycles. The molecule has 3 rings (SSSR count). The Morgan fingerprint density at radius 3 is 2.52 bits per heavy atom. The normalized spacial score (nSPS) is 17.6. The summed E-state index contributed by atoms with van der Waals surface area (Å²) in [7, 11) is 0. The molecule has 0 radical (unpaired) electrons. The van der Waals surface area contributed by atoms with E-state index in [1.54, 1.807) is 11.8 Å². The van der Waals surface area contributed by atoms with Gasteiger partial charge in [0.1, 0.15) is 6.04 Å². The van der Waals surface area contributed by atoms with E-state index in [0.29, 0.717) is 6.54 Å². The number of aryl methyl sites for hydroxylation is 1. The van der Waals surface area contributed by atoms with Gasteiger partial charge in [0.2, 0.25) is 5.91 Å². The molecule has 3 unspecified atom stereocenters. The summed E-state index contributed by atoms with van der Waals surface area (Å²) in [5, 5.41) is 17.0. The predicted octanol–water partition coefficient (Wildman–Crippen LogP) is 4.13. The summed E-state index contributed by atoms with van der Waals surface area (Å²) in [6.07, 6.45) is 1.67. The van der Waals surface area contributed by atoms with Crippen LogP contribution in [-0.4, -0.2) is 75.3 Å². The minimum Gasteiger partial charge on any atom is -0.450 e. The van der Waals surface area contributed by atoms with Crippen molar-refractivity contribution in [3.05, 3.63) is 71.3 Å². The van der Waals surface area contributed by atoms with Gasteiger partial charge in [0.05, 0.1) is 18.5 Å². The second-order valence-electron chi connectivity index (χ2n) is 10.5. The summed E-state index contributed by atoms with van der Waals surface area (Å²) in [4.78, 5) is 41.2. The van der Waals surface area contributed by atoms with Crippen LogP contribution in [-0.2, 0) is 27.3 Å². The van der Waals surface area contributed by atoms with E-state index >= 15 is 0 Å². The number of unbranched alkanes of at least 4 members (excludes halogenated alkanes) is 1. The molecule has 1 aliphatic heterocycles. The predicted molar refractivity (Wildman–Crippen MR) is 162 cm³/mol. The lowest BCUT2D eigenvalue weighted by Gasteiger charge is -2.33. The van der Waals surface area contributed by atoms with E-state index in [1.807, 2.05) is 81.6 Å². The maximum Gasteiger partial charge on any atom is 0.407 e. The number of hydrogen-bond acceptors (Lipinski definition) is 7. The summed E-state index contributed by atoms with van der Waals surface area (Å²) in [6, 6.07) is 15.4. The second-order valence-corrected chi connectivity index (χ2v) is 13.0. The van der Waals surface area contributed by atoms with Crippen molar-refractivity contribution in [3.8, 4) is 0 Å². The second kappa shape index (κ2) is 15.3. The highest BCUT2D eigenvalue weighted by atomic mass is 32.2. The van der Waals surface area contributed by atoms with Crippen molar-refractivity contribution in [1.29, 1.82) is 0 Å². The largest absolute Gasteiger partial charge is 0.450 e. The Morgan fingerprint density at radius 2 is 1.82 bits per heavy atom. The van der Waals surface area contributed by atoms with Crippen LogP contribution in [0.4, 0.5) is 4.79 Å². The average Bonchev–Trinajstić information content (AvgIpc) is 3.26. The first-order valence-corrected chi connectivity index (χ1v) is 15.9. The lowest BCUT2D eigenvalue weighted by molar-refractivity contribution is -0.147. The molecular formula is C30H41N3O5S2. The number of aliphatic hydroxyl groups is 1. The van der Waals surface area contributed by atoms with Gasteiger partial charge in [0.15, 0.2) is 6.10 Å². The van der Waals surface area contributed by atoms with E-state index < -0.39 is 34.9 Å². The first-order valence-electron chi connectivity index (χ1n) is 13.5. The van der Waals surface area contributed by atoms with Crippen molar-refractivity contribution < 1.29 is 24.2 Å². The fourth-order valence-electron chi connectivity index (χ4n) is 4.66. The van der Waals surface area contributed by atoms with Crippen LogP contribution in [0.3, 0.4) is 0 Å². The van der Waals surface area contributed by atoms with E-state index in [0.717, 1.165) is 35.3 Å². The smallest absolute Gasteiger partial charge is 0.407 e. The van der Waals surface area contributed by atoms with Crippen LogP contribution < -0.4 is 10.6 Å². The monoisotopic (exact) mass is 587 g/mol. The molecule has 2 aromatic rings. The topological polar surface area (TPSA) is 108 Å². The summed E-state index contributed by atoms with van der Waals surface area (Å²) >= 11 is 3.22. The minimum absolute atomic E-state index is 0.226. The minimum atomic E-state index is -1.56. The molecule has 0 aromatic heterocycles. The van der Waals surface area contributed by atoms with E-state index in [-0.39, 0.29) is 24.8 Å². The number of alkyl carbamates (subject to hydrolysis) is 1. The zero-order valence-electron chi connectivity index (χ0n) is 23.7. The highest BCUT2D eigenvalue weighted by Gasteiger charge is 2.49. The SMILES string of the molecule is CSCCCCOC(=O)NC(Cc1ccccc1)C(O)C(=O)N1CSC(C)(C)C1C(=O)NCc1ccccc1C. The van der Waals surface area contributed by atoms with Gasteiger partial charge in [-0.15, -0.1) is 11.8 Å². The standard InChI is InChI=1S/C30H41N3O5S2/c1-21-12-8-9-15-23(21)19-31-27(35)26-30(2,3)40-20-33(26)28(36)25(34)24(18-22-13-6-5-7-14-22)32-29(37)38-16-10-11-17-39-4/h5-9,12-15,24-26,34H,10-11,16-20H2,1-4H3,(H,31,35)(H,32,37). The first-order chi connectivity index (χ1) is 19.1. The number of amides is 3. The molecule has 218 valence electrons. The van der Waals surface area contributed by atoms with Crippen LogP contribution in [0.1, 0.15) is 43.4 Å². The molecule has 2 aromatic carbocycles. The van der Waals surface area contributed by atoms with Gasteiger partial charge < -0.3 is 25.4 Å². The molecule has 1 fully saturated rings. The van der Waals surface area contributed by atoms with Gasteiger partial charge in [0.25, 0.3) is 5.91 Å². The highest BCUT2D eigenvalue weighted by molar-refractivity contribution is 8.00. The van der Waals surface area contributed by atoms with E-state index in [1.165, 1.54) is 16.7 Å². The molecule has 0 aliphatic carbocycles. The zero-order valence-corrected chi connectivity index (χ0v) is 25.4. The summed E-state index contributed by atoms with van der Waals surface area (Å²) in [5.74, 6) is 0.355. The Bertz CT molecular complexity index is 1130. The van der Waals surface area contributed by atoms with Crippen molar-refractivity contribution in [2.24, 2.45) is 0 Å². The van der Waals surface area contributed by atoms with Crippen LogP contribution >= 0.6 is 23.5 Å². The molecule has 1 aliphatic rings. The molecule has 0 saturated carbocycles. The number of nitrogens with zero attached hydrogens (tertiary/aromatic N) is 1. The number of aliphatic hydroxyl groups excluding tert-OH is 1. The van der Waals surface area contributed by atoms with Gasteiger partial charge in [-0.25, -0.2) is 4.79 Å². The summed E-state index contributed by atoms with van der Waals surface area (Å²) in [5.41, 5.74) is 2.91. The average molecular weight is 588 g/mol. The highest BCUT2D eigenvalue weighted by Crippen LogP contribution is 2.40. The maximum atomic E-state index is 13.7. The number of benzene rings is 2. The van der Waals surface area contributed by atoms with Gasteiger partial charge in [-0.05, 0) is 68.7 Å². The first kappa shape index (κ1) is 31.8. The molecule has 1 heterocycles. The van der Waals surface area contributed by atoms with Crippen molar-refractivity contribution in [2.75, 3.05) is 24.5 Å². The maximum absolute atomic E-state index is 13.7. The molecule has 0 spiro atoms. The molecule has 0 bridgehead atoms. The van der Waals surface area contributed by atoms with Crippen molar-refractivity contribution in [2.45, 2.75) is 69.5 Å². The number of rotatable bonds is 13.